The summed E-state index contributed by atoms with van der Waals surface area (Å²) in [6.45, 7) is 4.36. The van der Waals surface area contributed by atoms with Crippen LogP contribution in [0.3, 0.4) is 0 Å². The van der Waals surface area contributed by atoms with Crippen molar-refractivity contribution in [3.63, 3.8) is 0 Å². The van der Waals surface area contributed by atoms with Gasteiger partial charge < -0.3 is 9.30 Å². The Morgan fingerprint density at radius 1 is 1.56 bits per heavy atom. The van der Waals surface area contributed by atoms with Crippen LogP contribution in [0.15, 0.2) is 30.9 Å². The second-order valence-corrected chi connectivity index (χ2v) is 4.17. The van der Waals surface area contributed by atoms with E-state index in [0.717, 1.165) is 16.0 Å². The number of thiazole rings is 1. The molecule has 2 rings (SSSR count). The SMILES string of the molecule is Br.C=CCn1c(=N)sc2cc(OC)ccc21. The Morgan fingerprint density at radius 3 is 2.94 bits per heavy atom. The van der Waals surface area contributed by atoms with Crippen LogP contribution < -0.4 is 9.54 Å². The Kier molecular flexibility index (Phi) is 4.32. The maximum Gasteiger partial charge on any atom is 0.183 e. The molecule has 0 atom stereocenters. The summed E-state index contributed by atoms with van der Waals surface area (Å²) < 4.78 is 8.14. The molecule has 0 aliphatic rings. The van der Waals surface area contributed by atoms with Crippen molar-refractivity contribution in [3.05, 3.63) is 35.7 Å². The highest BCUT2D eigenvalue weighted by Gasteiger charge is 2.04. The van der Waals surface area contributed by atoms with Gasteiger partial charge in [-0.15, -0.1) is 23.6 Å². The van der Waals surface area contributed by atoms with Gasteiger partial charge in [0.05, 0.1) is 17.3 Å². The monoisotopic (exact) mass is 300 g/mol. The van der Waals surface area contributed by atoms with Crippen LogP contribution in [0, 0.1) is 5.41 Å². The fourth-order valence-corrected chi connectivity index (χ4v) is 2.45. The molecule has 5 heteroatoms. The highest BCUT2D eigenvalue weighted by Crippen LogP contribution is 2.22. The lowest BCUT2D eigenvalue weighted by molar-refractivity contribution is 0.415. The van der Waals surface area contributed by atoms with Gasteiger partial charge in [0.25, 0.3) is 0 Å². The average molecular weight is 301 g/mol. The molecule has 0 bridgehead atoms. The number of fused-ring (bicyclic) bond motifs is 1. The third-order valence-electron chi connectivity index (χ3n) is 2.22. The predicted octanol–water partition coefficient (Wildman–Crippen LogP) is 2.95. The van der Waals surface area contributed by atoms with Gasteiger partial charge in [0, 0.05) is 6.54 Å². The molecular formula is C11H13BrN2OS. The minimum absolute atomic E-state index is 0. The van der Waals surface area contributed by atoms with Crippen LogP contribution in [0.2, 0.25) is 0 Å². The third-order valence-corrected chi connectivity index (χ3v) is 3.18. The van der Waals surface area contributed by atoms with E-state index >= 15 is 0 Å². The molecule has 2 aromatic rings. The Balaban J connectivity index is 0.00000128. The molecule has 0 saturated heterocycles. The maximum atomic E-state index is 7.82. The Hall–Kier alpha value is -1.07. The van der Waals surface area contributed by atoms with Crippen LogP contribution in [0.1, 0.15) is 0 Å². The van der Waals surface area contributed by atoms with Gasteiger partial charge in [-0.25, -0.2) is 0 Å². The van der Waals surface area contributed by atoms with Crippen LogP contribution in [-0.4, -0.2) is 11.7 Å². The normalized spacial score (nSPS) is 9.81. The number of hydrogen-bond acceptors (Lipinski definition) is 3. The predicted molar refractivity (Wildman–Crippen MR) is 72.7 cm³/mol. The zero-order valence-corrected chi connectivity index (χ0v) is 11.4. The summed E-state index contributed by atoms with van der Waals surface area (Å²) in [5.74, 6) is 0.828. The topological polar surface area (TPSA) is 38.0 Å². The minimum atomic E-state index is 0. The third kappa shape index (κ3) is 2.20. The molecule has 0 aliphatic carbocycles. The molecule has 1 N–H and O–H groups in total. The largest absolute Gasteiger partial charge is 0.497 e. The summed E-state index contributed by atoms with van der Waals surface area (Å²) in [6, 6.07) is 5.85. The number of nitrogens with one attached hydrogen (secondary N) is 1. The van der Waals surface area contributed by atoms with Gasteiger partial charge in [-0.1, -0.05) is 17.4 Å². The zero-order chi connectivity index (χ0) is 10.8. The minimum Gasteiger partial charge on any atom is -0.497 e. The molecule has 1 heterocycles. The summed E-state index contributed by atoms with van der Waals surface area (Å²) in [7, 11) is 1.65. The smallest absolute Gasteiger partial charge is 0.183 e. The van der Waals surface area contributed by atoms with Gasteiger partial charge in [-0.2, -0.15) is 0 Å². The van der Waals surface area contributed by atoms with Crippen LogP contribution in [0.25, 0.3) is 10.2 Å². The molecule has 0 unspecified atom stereocenters. The molecule has 0 amide bonds. The van der Waals surface area contributed by atoms with Gasteiger partial charge in [0.15, 0.2) is 4.80 Å². The molecule has 16 heavy (non-hydrogen) atoms. The van der Waals surface area contributed by atoms with Gasteiger partial charge in [-0.05, 0) is 18.2 Å². The number of nitrogens with zero attached hydrogens (tertiary/aromatic N) is 1. The van der Waals surface area contributed by atoms with Crippen molar-refractivity contribution >= 4 is 38.5 Å². The summed E-state index contributed by atoms with van der Waals surface area (Å²) in [5, 5.41) is 7.82. The molecule has 1 aromatic carbocycles. The van der Waals surface area contributed by atoms with Gasteiger partial charge in [0.2, 0.25) is 0 Å². The van der Waals surface area contributed by atoms with Gasteiger partial charge in [0.1, 0.15) is 5.75 Å². The van der Waals surface area contributed by atoms with Crippen LogP contribution >= 0.6 is 28.3 Å². The first-order valence-electron chi connectivity index (χ1n) is 4.59. The van der Waals surface area contributed by atoms with Crippen LogP contribution in [-0.2, 0) is 6.54 Å². The van der Waals surface area contributed by atoms with E-state index in [-0.39, 0.29) is 17.0 Å². The summed E-state index contributed by atoms with van der Waals surface area (Å²) in [4.78, 5) is 0.540. The van der Waals surface area contributed by atoms with E-state index in [9.17, 15) is 0 Å². The molecule has 0 aliphatic heterocycles. The van der Waals surface area contributed by atoms with E-state index in [4.69, 9.17) is 10.1 Å². The molecule has 0 radical (unpaired) electrons. The fraction of sp³-hybridized carbons (Fsp3) is 0.182. The van der Waals surface area contributed by atoms with Crippen molar-refractivity contribution < 1.29 is 4.74 Å². The molecule has 0 fully saturated rings. The first-order valence-corrected chi connectivity index (χ1v) is 5.41. The zero-order valence-electron chi connectivity index (χ0n) is 8.90. The number of methoxy groups -OCH3 is 1. The number of aromatic nitrogens is 1. The van der Waals surface area contributed by atoms with Crippen molar-refractivity contribution in [1.29, 1.82) is 5.41 Å². The van der Waals surface area contributed by atoms with Crippen LogP contribution in [0.4, 0.5) is 0 Å². The average Bonchev–Trinajstić information content (AvgIpc) is 2.55. The Morgan fingerprint density at radius 2 is 2.31 bits per heavy atom. The molecule has 1 aromatic heterocycles. The lowest BCUT2D eigenvalue weighted by Gasteiger charge is -2.01. The van der Waals surface area contributed by atoms with Crippen molar-refractivity contribution in [3.8, 4) is 5.75 Å². The van der Waals surface area contributed by atoms with E-state index in [1.807, 2.05) is 22.8 Å². The second-order valence-electron chi connectivity index (χ2n) is 3.14. The molecular weight excluding hydrogens is 288 g/mol. The quantitative estimate of drug-likeness (QED) is 0.870. The number of hydrogen-bond donors (Lipinski definition) is 1. The van der Waals surface area contributed by atoms with E-state index in [1.54, 1.807) is 13.2 Å². The highest BCUT2D eigenvalue weighted by molar-refractivity contribution is 8.93. The summed E-state index contributed by atoms with van der Waals surface area (Å²) in [5.41, 5.74) is 1.06. The first-order chi connectivity index (χ1) is 7.26. The summed E-state index contributed by atoms with van der Waals surface area (Å²) in [6.07, 6.45) is 1.80. The van der Waals surface area contributed by atoms with Crippen LogP contribution in [0.5, 0.6) is 5.75 Å². The van der Waals surface area contributed by atoms with Crippen molar-refractivity contribution in [2.75, 3.05) is 7.11 Å². The lowest BCUT2D eigenvalue weighted by Crippen LogP contribution is -2.11. The van der Waals surface area contributed by atoms with E-state index in [1.165, 1.54) is 11.3 Å². The highest BCUT2D eigenvalue weighted by atomic mass is 79.9. The van der Waals surface area contributed by atoms with Crippen molar-refractivity contribution in [2.45, 2.75) is 6.54 Å². The number of rotatable bonds is 3. The Bertz CT molecular complexity index is 559. The Labute approximate surface area is 108 Å². The second kappa shape index (κ2) is 5.32. The number of benzene rings is 1. The first kappa shape index (κ1) is 13.0. The number of halogens is 1. The van der Waals surface area contributed by atoms with Crippen molar-refractivity contribution in [1.82, 2.24) is 4.57 Å². The van der Waals surface area contributed by atoms with Gasteiger partial charge in [-0.3, -0.25) is 5.41 Å². The van der Waals surface area contributed by atoms with E-state index < -0.39 is 0 Å². The molecule has 86 valence electrons. The number of ether oxygens (including phenoxy) is 1. The van der Waals surface area contributed by atoms with Crippen molar-refractivity contribution in [2.24, 2.45) is 0 Å². The number of allylic oxidation sites excluding steroid dienone is 1. The standard InChI is InChI=1S/C11H12N2OS.BrH/c1-3-6-13-9-5-4-8(14-2)7-10(9)15-11(13)12;/h3-5,7,12H,1,6H2,2H3;1H. The van der Waals surface area contributed by atoms with E-state index in [0.29, 0.717) is 11.3 Å². The molecule has 0 saturated carbocycles. The van der Waals surface area contributed by atoms with E-state index in [2.05, 4.69) is 6.58 Å². The molecule has 3 nitrogen and oxygen atoms in total. The maximum absolute atomic E-state index is 7.82. The van der Waals surface area contributed by atoms with Gasteiger partial charge >= 0.3 is 0 Å². The summed E-state index contributed by atoms with van der Waals surface area (Å²) >= 11 is 1.45. The lowest BCUT2D eigenvalue weighted by atomic mass is 10.3. The molecule has 0 spiro atoms. The fourth-order valence-electron chi connectivity index (χ4n) is 1.51.